The number of aromatic nitrogens is 3. The number of H-pyrrole nitrogens is 1. The van der Waals surface area contributed by atoms with E-state index in [2.05, 4.69) is 21.5 Å². The van der Waals surface area contributed by atoms with E-state index in [1.54, 1.807) is 18.7 Å². The molecular weight excluding hydrogens is 246 g/mol. The number of nitrogens with zero attached hydrogens (tertiary/aromatic N) is 2. The van der Waals surface area contributed by atoms with E-state index in [9.17, 15) is 0 Å². The Bertz CT molecular complexity index is 711. The minimum absolute atomic E-state index is 0.236. The molecule has 18 heavy (non-hydrogen) atoms. The van der Waals surface area contributed by atoms with Crippen LogP contribution in [0.15, 0.2) is 41.3 Å². The summed E-state index contributed by atoms with van der Waals surface area (Å²) < 4.78 is 8.21. The van der Waals surface area contributed by atoms with Gasteiger partial charge in [0.15, 0.2) is 4.77 Å². The van der Waals surface area contributed by atoms with Crippen molar-refractivity contribution in [1.82, 2.24) is 14.5 Å². The maximum Gasteiger partial charge on any atom is 0.178 e. The zero-order valence-electron chi connectivity index (χ0n) is 9.96. The summed E-state index contributed by atoms with van der Waals surface area (Å²) >= 11 is 5.37. The van der Waals surface area contributed by atoms with Gasteiger partial charge in [-0.05, 0) is 37.3 Å². The fourth-order valence-electron chi connectivity index (χ4n) is 2.23. The third-order valence-corrected chi connectivity index (χ3v) is 3.33. The third kappa shape index (κ3) is 1.86. The summed E-state index contributed by atoms with van der Waals surface area (Å²) in [6.45, 7) is 2.13. The van der Waals surface area contributed by atoms with E-state index >= 15 is 0 Å². The monoisotopic (exact) mass is 259 g/mol. The smallest absolute Gasteiger partial charge is 0.178 e. The Morgan fingerprint density at radius 3 is 3.17 bits per heavy atom. The highest BCUT2D eigenvalue weighted by molar-refractivity contribution is 7.71. The van der Waals surface area contributed by atoms with Gasteiger partial charge in [0.25, 0.3) is 0 Å². The average Bonchev–Trinajstić information content (AvgIpc) is 2.94. The number of nitrogens with one attached hydrogen (secondary N) is 1. The molecule has 3 heterocycles. The second-order valence-electron chi connectivity index (χ2n) is 4.33. The number of aromatic amines is 1. The van der Waals surface area contributed by atoms with Crippen LogP contribution in [0.2, 0.25) is 0 Å². The second-order valence-corrected chi connectivity index (χ2v) is 4.71. The lowest BCUT2D eigenvalue weighted by atomic mass is 10.2. The van der Waals surface area contributed by atoms with Crippen LogP contribution in [0.25, 0.3) is 11.0 Å². The van der Waals surface area contributed by atoms with E-state index < -0.39 is 0 Å². The Morgan fingerprint density at radius 2 is 2.39 bits per heavy atom. The predicted molar refractivity (Wildman–Crippen MR) is 72.0 cm³/mol. The van der Waals surface area contributed by atoms with Gasteiger partial charge in [-0.3, -0.25) is 4.98 Å². The van der Waals surface area contributed by atoms with Gasteiger partial charge in [-0.15, -0.1) is 0 Å². The minimum Gasteiger partial charge on any atom is -0.469 e. The fraction of sp³-hybridized carbons (Fsp3) is 0.231. The maximum atomic E-state index is 5.38. The summed E-state index contributed by atoms with van der Waals surface area (Å²) in [7, 11) is 0. The molecule has 0 amide bonds. The van der Waals surface area contributed by atoms with Gasteiger partial charge in [-0.2, -0.15) is 0 Å². The van der Waals surface area contributed by atoms with E-state index in [1.165, 1.54) is 0 Å². The molecule has 0 spiro atoms. The SMILES string of the molecule is CC(Cc1ccco1)n1c(=S)[nH]c2cnccc21. The Balaban J connectivity index is 2.03. The zero-order valence-corrected chi connectivity index (χ0v) is 10.8. The Labute approximate surface area is 109 Å². The molecule has 0 saturated carbocycles. The number of fused-ring (bicyclic) bond motifs is 1. The highest BCUT2D eigenvalue weighted by Gasteiger charge is 2.12. The zero-order chi connectivity index (χ0) is 12.5. The molecule has 4 nitrogen and oxygen atoms in total. The molecular formula is C13H13N3OS. The molecule has 0 saturated heterocycles. The van der Waals surface area contributed by atoms with Crippen LogP contribution in [0.5, 0.6) is 0 Å². The largest absolute Gasteiger partial charge is 0.469 e. The van der Waals surface area contributed by atoms with E-state index in [4.69, 9.17) is 16.6 Å². The van der Waals surface area contributed by atoms with Crippen molar-refractivity contribution < 1.29 is 4.42 Å². The van der Waals surface area contributed by atoms with Gasteiger partial charge in [0.05, 0.1) is 23.5 Å². The van der Waals surface area contributed by atoms with E-state index in [1.807, 2.05) is 18.2 Å². The molecule has 0 aliphatic heterocycles. The molecule has 0 bridgehead atoms. The molecule has 0 aromatic carbocycles. The quantitative estimate of drug-likeness (QED) is 0.732. The molecule has 1 N–H and O–H groups in total. The van der Waals surface area contributed by atoms with Crippen LogP contribution in [0, 0.1) is 4.77 Å². The highest BCUT2D eigenvalue weighted by atomic mass is 32.1. The maximum absolute atomic E-state index is 5.38. The average molecular weight is 259 g/mol. The van der Waals surface area contributed by atoms with Crippen LogP contribution in [0.4, 0.5) is 0 Å². The normalized spacial score (nSPS) is 12.9. The van der Waals surface area contributed by atoms with Gasteiger partial charge in [-0.25, -0.2) is 0 Å². The highest BCUT2D eigenvalue weighted by Crippen LogP contribution is 2.21. The first kappa shape index (κ1) is 11.2. The lowest BCUT2D eigenvalue weighted by molar-refractivity contribution is 0.452. The fourth-order valence-corrected chi connectivity index (χ4v) is 2.62. The van der Waals surface area contributed by atoms with Crippen molar-refractivity contribution in [1.29, 1.82) is 0 Å². The standard InChI is InChI=1S/C13H13N3OS/c1-9(7-10-3-2-6-17-10)16-12-4-5-14-8-11(12)15-13(16)18/h2-6,8-9H,7H2,1H3,(H,15,18). The van der Waals surface area contributed by atoms with Crippen molar-refractivity contribution >= 4 is 23.3 Å². The first-order valence-electron chi connectivity index (χ1n) is 5.82. The lowest BCUT2D eigenvalue weighted by Crippen LogP contribution is -2.07. The Hall–Kier alpha value is -1.88. The lowest BCUT2D eigenvalue weighted by Gasteiger charge is -2.12. The van der Waals surface area contributed by atoms with Crippen molar-refractivity contribution in [3.8, 4) is 0 Å². The minimum atomic E-state index is 0.236. The van der Waals surface area contributed by atoms with Crippen molar-refractivity contribution in [2.24, 2.45) is 0 Å². The first-order chi connectivity index (χ1) is 8.75. The number of rotatable bonds is 3. The predicted octanol–water partition coefficient (Wildman–Crippen LogP) is 3.49. The third-order valence-electron chi connectivity index (χ3n) is 3.04. The van der Waals surface area contributed by atoms with Gasteiger partial charge in [0, 0.05) is 18.7 Å². The number of hydrogen-bond donors (Lipinski definition) is 1. The summed E-state index contributed by atoms with van der Waals surface area (Å²) in [5, 5.41) is 0. The van der Waals surface area contributed by atoms with E-state index in [-0.39, 0.29) is 6.04 Å². The molecule has 3 aromatic heterocycles. The molecule has 3 aromatic rings. The summed E-state index contributed by atoms with van der Waals surface area (Å²) in [5.74, 6) is 0.966. The molecule has 0 fully saturated rings. The van der Waals surface area contributed by atoms with Crippen LogP contribution < -0.4 is 0 Å². The van der Waals surface area contributed by atoms with E-state index in [0.29, 0.717) is 0 Å². The molecule has 0 aliphatic carbocycles. The Kier molecular flexibility index (Phi) is 2.76. The van der Waals surface area contributed by atoms with Crippen LogP contribution in [0.3, 0.4) is 0 Å². The van der Waals surface area contributed by atoms with Crippen LogP contribution in [-0.2, 0) is 6.42 Å². The van der Waals surface area contributed by atoms with Gasteiger partial charge in [0.1, 0.15) is 5.76 Å². The van der Waals surface area contributed by atoms with Gasteiger partial charge >= 0.3 is 0 Å². The first-order valence-corrected chi connectivity index (χ1v) is 6.23. The Morgan fingerprint density at radius 1 is 1.50 bits per heavy atom. The topological polar surface area (TPSA) is 46.8 Å². The molecule has 5 heteroatoms. The number of hydrogen-bond acceptors (Lipinski definition) is 3. The van der Waals surface area contributed by atoms with Crippen molar-refractivity contribution in [3.63, 3.8) is 0 Å². The molecule has 1 atom stereocenters. The molecule has 3 rings (SSSR count). The van der Waals surface area contributed by atoms with Crippen molar-refractivity contribution in [2.45, 2.75) is 19.4 Å². The second kappa shape index (κ2) is 4.42. The molecule has 92 valence electrons. The van der Waals surface area contributed by atoms with Crippen LogP contribution in [0.1, 0.15) is 18.7 Å². The number of furan rings is 1. The van der Waals surface area contributed by atoms with E-state index in [0.717, 1.165) is 28.0 Å². The summed E-state index contributed by atoms with van der Waals surface area (Å²) in [6, 6.07) is 6.09. The molecule has 0 aliphatic rings. The van der Waals surface area contributed by atoms with Crippen LogP contribution >= 0.6 is 12.2 Å². The number of imidazole rings is 1. The van der Waals surface area contributed by atoms with Gasteiger partial charge < -0.3 is 14.0 Å². The van der Waals surface area contributed by atoms with Crippen molar-refractivity contribution in [2.75, 3.05) is 0 Å². The summed E-state index contributed by atoms with van der Waals surface area (Å²) in [4.78, 5) is 7.27. The molecule has 0 radical (unpaired) electrons. The summed E-state index contributed by atoms with van der Waals surface area (Å²) in [6.07, 6.45) is 6.08. The van der Waals surface area contributed by atoms with Gasteiger partial charge in [0.2, 0.25) is 0 Å². The summed E-state index contributed by atoms with van der Waals surface area (Å²) in [5.41, 5.74) is 2.04. The van der Waals surface area contributed by atoms with Crippen LogP contribution in [-0.4, -0.2) is 14.5 Å². The van der Waals surface area contributed by atoms with Gasteiger partial charge in [-0.1, -0.05) is 0 Å². The number of pyridine rings is 1. The van der Waals surface area contributed by atoms with Crippen molar-refractivity contribution in [3.05, 3.63) is 47.4 Å². The molecule has 1 unspecified atom stereocenters.